The van der Waals surface area contributed by atoms with Crippen LogP contribution in [-0.2, 0) is 11.2 Å². The van der Waals surface area contributed by atoms with Gasteiger partial charge >= 0.3 is 5.97 Å². The normalized spacial score (nSPS) is 14.9. The average molecular weight is 415 g/mol. The van der Waals surface area contributed by atoms with Gasteiger partial charge in [0.15, 0.2) is 5.69 Å². The highest BCUT2D eigenvalue weighted by Crippen LogP contribution is 2.39. The van der Waals surface area contributed by atoms with Crippen LogP contribution in [0.5, 0.6) is 0 Å². The quantitative estimate of drug-likeness (QED) is 0.494. The smallest absolute Gasteiger partial charge is 0.359 e. The maximum atomic E-state index is 12.6. The molecule has 6 heteroatoms. The van der Waals surface area contributed by atoms with Gasteiger partial charge in [-0.3, -0.25) is 4.79 Å². The number of ether oxygens (including phenoxy) is 1. The summed E-state index contributed by atoms with van der Waals surface area (Å²) in [6.45, 7) is 2.09. The minimum atomic E-state index is -0.405. The third-order valence-electron chi connectivity index (χ3n) is 6.16. The highest BCUT2D eigenvalue weighted by atomic mass is 16.5. The first kappa shape index (κ1) is 19.5. The maximum Gasteiger partial charge on any atom is 0.359 e. The second-order valence-corrected chi connectivity index (χ2v) is 8.14. The Balaban J connectivity index is 1.50. The predicted octanol–water partition coefficient (Wildman–Crippen LogP) is 4.29. The summed E-state index contributed by atoms with van der Waals surface area (Å²) in [5, 5.41) is 7.74. The molecule has 1 fully saturated rings. The van der Waals surface area contributed by atoms with Gasteiger partial charge in [0.1, 0.15) is 0 Å². The number of carbonyl (C=O) groups is 2. The summed E-state index contributed by atoms with van der Waals surface area (Å²) in [6.07, 6.45) is 5.12. The molecular weight excluding hydrogens is 390 g/mol. The van der Waals surface area contributed by atoms with Crippen molar-refractivity contribution >= 4 is 11.9 Å². The van der Waals surface area contributed by atoms with E-state index in [1.54, 1.807) is 11.6 Å². The van der Waals surface area contributed by atoms with Crippen molar-refractivity contribution < 1.29 is 14.3 Å². The van der Waals surface area contributed by atoms with Gasteiger partial charge in [-0.1, -0.05) is 37.1 Å². The van der Waals surface area contributed by atoms with Gasteiger partial charge in [0, 0.05) is 29.2 Å². The molecule has 31 heavy (non-hydrogen) atoms. The topological polar surface area (TPSA) is 73.2 Å². The summed E-state index contributed by atoms with van der Waals surface area (Å²) in [4.78, 5) is 25.1. The molecule has 1 saturated carbocycles. The number of nitrogens with zero attached hydrogens (tertiary/aromatic N) is 2. The Morgan fingerprint density at radius 2 is 1.84 bits per heavy atom. The lowest BCUT2D eigenvalue weighted by atomic mass is 10.1. The molecule has 2 aromatic carbocycles. The molecule has 3 aromatic rings. The lowest BCUT2D eigenvalue weighted by molar-refractivity contribution is 0.0517. The van der Waals surface area contributed by atoms with E-state index in [-0.39, 0.29) is 11.9 Å². The summed E-state index contributed by atoms with van der Waals surface area (Å²) in [5.41, 5.74) is 5.84. The van der Waals surface area contributed by atoms with E-state index in [1.807, 2.05) is 36.4 Å². The standard InChI is InChI=1S/C25H25N3O3/c1-2-31-25(30)22-21-15-17-7-3-6-10-20(17)23(21)28(27-22)19-13-11-16(12-14-19)24(29)26-18-8-4-5-9-18/h3,6-7,10-14,18H,2,4-5,8-9,15H2,1H3,(H,26,29). The second kappa shape index (κ2) is 8.02. The molecular formula is C25H25N3O3. The largest absolute Gasteiger partial charge is 0.461 e. The van der Waals surface area contributed by atoms with E-state index in [0.29, 0.717) is 24.3 Å². The van der Waals surface area contributed by atoms with Gasteiger partial charge in [-0.15, -0.1) is 0 Å². The molecule has 158 valence electrons. The van der Waals surface area contributed by atoms with Crippen LogP contribution in [0, 0.1) is 0 Å². The Hall–Kier alpha value is -3.41. The zero-order valence-corrected chi connectivity index (χ0v) is 17.6. The van der Waals surface area contributed by atoms with Crippen LogP contribution in [0.4, 0.5) is 0 Å². The molecule has 0 saturated heterocycles. The summed E-state index contributed by atoms with van der Waals surface area (Å²) in [5.74, 6) is -0.445. The minimum absolute atomic E-state index is 0.0401. The number of amides is 1. The minimum Gasteiger partial charge on any atom is -0.461 e. The van der Waals surface area contributed by atoms with Gasteiger partial charge in [0.25, 0.3) is 5.91 Å². The number of hydrogen-bond acceptors (Lipinski definition) is 4. The van der Waals surface area contributed by atoms with Gasteiger partial charge in [-0.2, -0.15) is 5.10 Å². The van der Waals surface area contributed by atoms with Crippen LogP contribution < -0.4 is 5.32 Å². The zero-order chi connectivity index (χ0) is 21.4. The van der Waals surface area contributed by atoms with E-state index < -0.39 is 5.97 Å². The molecule has 1 aromatic heterocycles. The van der Waals surface area contributed by atoms with Crippen molar-refractivity contribution in [2.45, 2.75) is 45.1 Å². The maximum absolute atomic E-state index is 12.6. The molecule has 1 amide bonds. The van der Waals surface area contributed by atoms with Crippen molar-refractivity contribution in [3.63, 3.8) is 0 Å². The van der Waals surface area contributed by atoms with Crippen LogP contribution >= 0.6 is 0 Å². The van der Waals surface area contributed by atoms with Gasteiger partial charge in [0.05, 0.1) is 18.0 Å². The number of rotatable bonds is 5. The Bertz CT molecular complexity index is 1140. The molecule has 0 atom stereocenters. The molecule has 0 bridgehead atoms. The molecule has 1 N–H and O–H groups in total. The van der Waals surface area contributed by atoms with Crippen molar-refractivity contribution in [2.24, 2.45) is 0 Å². The molecule has 0 unspecified atom stereocenters. The Kier molecular flexibility index (Phi) is 5.06. The lowest BCUT2D eigenvalue weighted by Crippen LogP contribution is -2.32. The molecule has 5 rings (SSSR count). The van der Waals surface area contributed by atoms with Gasteiger partial charge in [-0.05, 0) is 49.6 Å². The summed E-state index contributed by atoms with van der Waals surface area (Å²) >= 11 is 0. The zero-order valence-electron chi connectivity index (χ0n) is 17.6. The van der Waals surface area contributed by atoms with E-state index in [4.69, 9.17) is 4.74 Å². The number of hydrogen-bond donors (Lipinski definition) is 1. The van der Waals surface area contributed by atoms with Crippen LogP contribution in [-0.4, -0.2) is 34.3 Å². The molecule has 0 spiro atoms. The van der Waals surface area contributed by atoms with E-state index in [9.17, 15) is 9.59 Å². The van der Waals surface area contributed by atoms with Crippen LogP contribution in [0.15, 0.2) is 48.5 Å². The number of carbonyl (C=O) groups excluding carboxylic acids is 2. The van der Waals surface area contributed by atoms with Crippen LogP contribution in [0.25, 0.3) is 16.9 Å². The van der Waals surface area contributed by atoms with E-state index >= 15 is 0 Å². The van der Waals surface area contributed by atoms with Gasteiger partial charge < -0.3 is 10.1 Å². The van der Waals surface area contributed by atoms with Gasteiger partial charge in [-0.25, -0.2) is 9.48 Å². The summed E-state index contributed by atoms with van der Waals surface area (Å²) in [7, 11) is 0. The first-order valence-electron chi connectivity index (χ1n) is 10.9. The molecule has 1 heterocycles. The molecule has 2 aliphatic carbocycles. The third-order valence-corrected chi connectivity index (χ3v) is 6.16. The van der Waals surface area contributed by atoms with Crippen LogP contribution in [0.1, 0.15) is 64.6 Å². The Labute approximate surface area is 181 Å². The fourth-order valence-corrected chi connectivity index (χ4v) is 4.63. The van der Waals surface area contributed by atoms with Crippen LogP contribution in [0.3, 0.4) is 0 Å². The monoisotopic (exact) mass is 415 g/mol. The van der Waals surface area contributed by atoms with Crippen LogP contribution in [0.2, 0.25) is 0 Å². The fraction of sp³-hybridized carbons (Fsp3) is 0.320. The van der Waals surface area contributed by atoms with Gasteiger partial charge in [0.2, 0.25) is 0 Å². The number of fused-ring (bicyclic) bond motifs is 3. The van der Waals surface area contributed by atoms with Crippen molar-refractivity contribution in [1.82, 2.24) is 15.1 Å². The first-order chi connectivity index (χ1) is 15.2. The SMILES string of the molecule is CCOC(=O)c1nn(-c2ccc(C(=O)NC3CCCC3)cc2)c2c1Cc1ccccc1-2. The second-order valence-electron chi connectivity index (χ2n) is 8.14. The van der Waals surface area contributed by atoms with Crippen molar-refractivity contribution in [3.8, 4) is 16.9 Å². The van der Waals surface area contributed by atoms with Crippen molar-refractivity contribution in [3.05, 3.63) is 70.9 Å². The Morgan fingerprint density at radius 3 is 2.58 bits per heavy atom. The van der Waals surface area contributed by atoms with E-state index in [1.165, 1.54) is 18.4 Å². The highest BCUT2D eigenvalue weighted by Gasteiger charge is 2.31. The fourth-order valence-electron chi connectivity index (χ4n) is 4.63. The van der Waals surface area contributed by atoms with Crippen molar-refractivity contribution in [1.29, 1.82) is 0 Å². The first-order valence-corrected chi connectivity index (χ1v) is 10.9. The summed E-state index contributed by atoms with van der Waals surface area (Å²) < 4.78 is 7.05. The number of esters is 1. The predicted molar refractivity (Wildman–Crippen MR) is 117 cm³/mol. The third kappa shape index (κ3) is 3.52. The molecule has 0 aliphatic heterocycles. The van der Waals surface area contributed by atoms with E-state index in [0.717, 1.165) is 35.3 Å². The molecule has 2 aliphatic rings. The average Bonchev–Trinajstić information content (AvgIpc) is 3.50. The number of benzene rings is 2. The van der Waals surface area contributed by atoms with E-state index in [2.05, 4.69) is 22.5 Å². The Morgan fingerprint density at radius 1 is 1.10 bits per heavy atom. The van der Waals surface area contributed by atoms with Crippen molar-refractivity contribution in [2.75, 3.05) is 6.61 Å². The number of aromatic nitrogens is 2. The molecule has 0 radical (unpaired) electrons. The number of nitrogens with one attached hydrogen (secondary N) is 1. The lowest BCUT2D eigenvalue weighted by Gasteiger charge is -2.12. The molecule has 6 nitrogen and oxygen atoms in total. The highest BCUT2D eigenvalue weighted by molar-refractivity contribution is 5.95. The summed E-state index contributed by atoms with van der Waals surface area (Å²) in [6, 6.07) is 15.8.